The van der Waals surface area contributed by atoms with E-state index in [1.54, 1.807) is 11.3 Å². The minimum atomic E-state index is 1.05. The summed E-state index contributed by atoms with van der Waals surface area (Å²) in [6, 6.07) is 30.3. The maximum atomic E-state index is 4.80. The molecule has 3 heterocycles. The minimum absolute atomic E-state index is 1.05. The number of nitrogens with one attached hydrogen (secondary N) is 1. The standard InChI is InChI=1S/C25H15N3S/c1-2-6-19-17(5-1)18-13-15(9-11-20(18)26-19)16-10-12-24-23(14-16)28-22-8-4-3-7-21(22)27-25(28)29-24/h1-14,26H. The van der Waals surface area contributed by atoms with E-state index in [9.17, 15) is 0 Å². The summed E-state index contributed by atoms with van der Waals surface area (Å²) < 4.78 is 3.54. The Kier molecular flexibility index (Phi) is 2.88. The van der Waals surface area contributed by atoms with Crippen molar-refractivity contribution in [1.29, 1.82) is 0 Å². The van der Waals surface area contributed by atoms with E-state index in [2.05, 4.69) is 88.2 Å². The number of H-pyrrole nitrogens is 1. The average molecular weight is 389 g/mol. The molecule has 0 saturated heterocycles. The highest BCUT2D eigenvalue weighted by molar-refractivity contribution is 7.23. The summed E-state index contributed by atoms with van der Waals surface area (Å²) in [7, 11) is 0. The van der Waals surface area contributed by atoms with Gasteiger partial charge in [-0.25, -0.2) is 4.98 Å². The Morgan fingerprint density at radius 3 is 2.48 bits per heavy atom. The highest BCUT2D eigenvalue weighted by Gasteiger charge is 2.12. The van der Waals surface area contributed by atoms with Crippen LogP contribution in [0.2, 0.25) is 0 Å². The average Bonchev–Trinajstić information content (AvgIpc) is 3.42. The van der Waals surface area contributed by atoms with E-state index in [1.807, 2.05) is 6.07 Å². The SMILES string of the molecule is c1ccc2c(c1)nc1sc3ccc(-c4ccc5[nH]c6ccccc6c5c4)cc3n12. The first-order chi connectivity index (χ1) is 14.3. The van der Waals surface area contributed by atoms with Gasteiger partial charge in [0.2, 0.25) is 0 Å². The van der Waals surface area contributed by atoms with E-state index in [0.717, 1.165) is 16.0 Å². The second-order valence-electron chi connectivity index (χ2n) is 7.43. The van der Waals surface area contributed by atoms with Gasteiger partial charge in [0.1, 0.15) is 0 Å². The van der Waals surface area contributed by atoms with Crippen LogP contribution in [0.4, 0.5) is 0 Å². The first-order valence-corrected chi connectivity index (χ1v) is 10.5. The summed E-state index contributed by atoms with van der Waals surface area (Å²) in [5.74, 6) is 0. The molecule has 0 spiro atoms. The largest absolute Gasteiger partial charge is 0.355 e. The zero-order valence-corrected chi connectivity index (χ0v) is 16.2. The van der Waals surface area contributed by atoms with Gasteiger partial charge in [0.05, 0.1) is 21.3 Å². The number of hydrogen-bond acceptors (Lipinski definition) is 2. The summed E-state index contributed by atoms with van der Waals surface area (Å²) in [5, 5.41) is 2.53. The van der Waals surface area contributed by atoms with Crippen LogP contribution in [0.15, 0.2) is 84.9 Å². The van der Waals surface area contributed by atoms with E-state index in [-0.39, 0.29) is 0 Å². The van der Waals surface area contributed by atoms with Crippen molar-refractivity contribution in [2.24, 2.45) is 0 Å². The number of aromatic amines is 1. The first kappa shape index (κ1) is 15.3. The summed E-state index contributed by atoms with van der Waals surface area (Å²) in [6.45, 7) is 0. The Morgan fingerprint density at radius 1 is 0.690 bits per heavy atom. The van der Waals surface area contributed by atoms with Crippen LogP contribution >= 0.6 is 11.3 Å². The predicted octanol–water partition coefficient (Wildman–Crippen LogP) is 7.00. The smallest absolute Gasteiger partial charge is 0.195 e. The number of fused-ring (bicyclic) bond motifs is 8. The topological polar surface area (TPSA) is 33.1 Å². The van der Waals surface area contributed by atoms with Gasteiger partial charge in [0.15, 0.2) is 4.96 Å². The lowest BCUT2D eigenvalue weighted by atomic mass is 10.0. The molecule has 0 amide bonds. The molecule has 3 aromatic heterocycles. The van der Waals surface area contributed by atoms with E-state index >= 15 is 0 Å². The van der Waals surface area contributed by atoms with Crippen LogP contribution in [-0.2, 0) is 0 Å². The molecule has 4 aromatic carbocycles. The van der Waals surface area contributed by atoms with Gasteiger partial charge >= 0.3 is 0 Å². The van der Waals surface area contributed by atoms with Gasteiger partial charge in [0.25, 0.3) is 0 Å². The van der Waals surface area contributed by atoms with Crippen molar-refractivity contribution in [2.45, 2.75) is 0 Å². The molecule has 0 aliphatic carbocycles. The Balaban J connectivity index is 1.50. The molecule has 7 rings (SSSR count). The Labute approximate surface area is 169 Å². The van der Waals surface area contributed by atoms with Gasteiger partial charge in [-0.3, -0.25) is 4.40 Å². The van der Waals surface area contributed by atoms with Gasteiger partial charge in [0, 0.05) is 21.8 Å². The molecule has 0 saturated carbocycles. The molecule has 0 bridgehead atoms. The van der Waals surface area contributed by atoms with E-state index < -0.39 is 0 Å². The molecular formula is C25H15N3S. The third-order valence-electron chi connectivity index (χ3n) is 5.77. The predicted molar refractivity (Wildman–Crippen MR) is 123 cm³/mol. The molecule has 4 heteroatoms. The number of hydrogen-bond donors (Lipinski definition) is 1. The number of imidazole rings is 1. The lowest BCUT2D eigenvalue weighted by molar-refractivity contribution is 1.35. The van der Waals surface area contributed by atoms with Crippen molar-refractivity contribution in [3.63, 3.8) is 0 Å². The van der Waals surface area contributed by atoms with Crippen molar-refractivity contribution in [3.8, 4) is 11.1 Å². The van der Waals surface area contributed by atoms with Crippen LogP contribution in [-0.4, -0.2) is 14.4 Å². The van der Waals surface area contributed by atoms with Crippen molar-refractivity contribution < 1.29 is 0 Å². The zero-order chi connectivity index (χ0) is 18.9. The maximum absolute atomic E-state index is 4.80. The Bertz CT molecular complexity index is 1710. The molecule has 3 nitrogen and oxygen atoms in total. The molecule has 29 heavy (non-hydrogen) atoms. The van der Waals surface area contributed by atoms with E-state index in [1.165, 1.54) is 43.1 Å². The molecule has 0 unspecified atom stereocenters. The van der Waals surface area contributed by atoms with Crippen molar-refractivity contribution >= 4 is 59.4 Å². The van der Waals surface area contributed by atoms with Gasteiger partial charge < -0.3 is 4.98 Å². The number of thiazole rings is 1. The molecule has 0 radical (unpaired) electrons. The second kappa shape index (κ2) is 5.46. The summed E-state index contributed by atoms with van der Waals surface area (Å²) in [6.07, 6.45) is 0. The molecule has 0 aliphatic rings. The van der Waals surface area contributed by atoms with Crippen molar-refractivity contribution in [2.75, 3.05) is 0 Å². The van der Waals surface area contributed by atoms with Gasteiger partial charge in [-0.15, -0.1) is 0 Å². The van der Waals surface area contributed by atoms with E-state index in [4.69, 9.17) is 4.98 Å². The third kappa shape index (κ3) is 2.09. The quantitative estimate of drug-likeness (QED) is 0.322. The maximum Gasteiger partial charge on any atom is 0.195 e. The number of rotatable bonds is 1. The summed E-state index contributed by atoms with van der Waals surface area (Å²) in [5.41, 5.74) is 8.24. The number of para-hydroxylation sites is 3. The molecule has 7 aromatic rings. The van der Waals surface area contributed by atoms with E-state index in [0.29, 0.717) is 0 Å². The Hall–Kier alpha value is -3.63. The van der Waals surface area contributed by atoms with Crippen LogP contribution in [0, 0.1) is 0 Å². The van der Waals surface area contributed by atoms with Crippen molar-refractivity contribution in [1.82, 2.24) is 14.4 Å². The van der Waals surface area contributed by atoms with Crippen LogP contribution in [0.25, 0.3) is 59.1 Å². The molecule has 136 valence electrons. The normalized spacial score (nSPS) is 12.1. The molecule has 0 fully saturated rings. The van der Waals surface area contributed by atoms with Crippen LogP contribution in [0.1, 0.15) is 0 Å². The third-order valence-corrected chi connectivity index (χ3v) is 6.79. The molecular weight excluding hydrogens is 374 g/mol. The van der Waals surface area contributed by atoms with Crippen molar-refractivity contribution in [3.05, 3.63) is 84.9 Å². The summed E-state index contributed by atoms with van der Waals surface area (Å²) >= 11 is 1.74. The zero-order valence-electron chi connectivity index (χ0n) is 15.4. The summed E-state index contributed by atoms with van der Waals surface area (Å²) in [4.78, 5) is 9.36. The number of aromatic nitrogens is 3. The minimum Gasteiger partial charge on any atom is -0.355 e. The Morgan fingerprint density at radius 2 is 1.48 bits per heavy atom. The lowest BCUT2D eigenvalue weighted by Gasteiger charge is -2.04. The fraction of sp³-hybridized carbons (Fsp3) is 0. The highest BCUT2D eigenvalue weighted by Crippen LogP contribution is 2.35. The van der Waals surface area contributed by atoms with Gasteiger partial charge in [-0.2, -0.15) is 0 Å². The van der Waals surface area contributed by atoms with Gasteiger partial charge in [-0.1, -0.05) is 53.8 Å². The highest BCUT2D eigenvalue weighted by atomic mass is 32.1. The van der Waals surface area contributed by atoms with Crippen LogP contribution in [0.5, 0.6) is 0 Å². The first-order valence-electron chi connectivity index (χ1n) is 9.66. The molecule has 1 N–H and O–H groups in total. The number of nitrogens with zero attached hydrogens (tertiary/aromatic N) is 2. The van der Waals surface area contributed by atoms with Crippen LogP contribution in [0.3, 0.4) is 0 Å². The monoisotopic (exact) mass is 389 g/mol. The molecule has 0 atom stereocenters. The number of benzene rings is 4. The van der Waals surface area contributed by atoms with Crippen LogP contribution < -0.4 is 0 Å². The molecule has 0 aliphatic heterocycles. The lowest BCUT2D eigenvalue weighted by Crippen LogP contribution is -1.83. The van der Waals surface area contributed by atoms with Gasteiger partial charge in [-0.05, 0) is 53.6 Å². The fourth-order valence-electron chi connectivity index (χ4n) is 4.39. The second-order valence-corrected chi connectivity index (χ2v) is 8.44. The fourth-order valence-corrected chi connectivity index (χ4v) is 5.41.